The lowest BCUT2D eigenvalue weighted by Gasteiger charge is -2.18. The lowest BCUT2D eigenvalue weighted by molar-refractivity contribution is 0.168. The second-order valence-electron chi connectivity index (χ2n) is 5.13. The smallest absolute Gasteiger partial charge is 0.0793 e. The fourth-order valence-electron chi connectivity index (χ4n) is 2.33. The predicted octanol–water partition coefficient (Wildman–Crippen LogP) is 4.07. The number of aliphatic hydroxyl groups is 1. The minimum Gasteiger partial charge on any atom is -0.388 e. The van der Waals surface area contributed by atoms with Crippen molar-refractivity contribution in [3.05, 3.63) is 64.7 Å². The Morgan fingerprint density at radius 3 is 2.55 bits per heavy atom. The van der Waals surface area contributed by atoms with Gasteiger partial charge in [-0.15, -0.1) is 0 Å². The number of nitrogens with zero attached hydrogens (tertiary/aromatic N) is 1. The summed E-state index contributed by atoms with van der Waals surface area (Å²) in [6.07, 6.45) is 1.04. The summed E-state index contributed by atoms with van der Waals surface area (Å²) in [5.74, 6) is 0. The van der Waals surface area contributed by atoms with Gasteiger partial charge in [0.1, 0.15) is 0 Å². The van der Waals surface area contributed by atoms with Crippen molar-refractivity contribution in [2.24, 2.45) is 0 Å². The summed E-state index contributed by atoms with van der Waals surface area (Å²) in [5, 5.41) is 10.9. The zero-order chi connectivity index (χ0) is 14.5. The number of hydrogen-bond acceptors (Lipinski definition) is 2. The maximum Gasteiger partial charge on any atom is 0.0793 e. The third kappa shape index (κ3) is 3.75. The summed E-state index contributed by atoms with van der Waals surface area (Å²) in [6.45, 7) is 0. The van der Waals surface area contributed by atoms with Crippen LogP contribution in [0.4, 0.5) is 5.69 Å². The van der Waals surface area contributed by atoms with Crippen LogP contribution in [0.1, 0.15) is 23.7 Å². The van der Waals surface area contributed by atoms with E-state index >= 15 is 0 Å². The van der Waals surface area contributed by atoms with Crippen molar-refractivity contribution in [2.75, 3.05) is 19.0 Å². The Hall–Kier alpha value is -1.51. The molecule has 1 atom stereocenters. The number of aliphatic hydroxyl groups excluding tert-OH is 1. The van der Waals surface area contributed by atoms with Crippen LogP contribution in [-0.2, 0) is 6.42 Å². The fourth-order valence-corrected chi connectivity index (χ4v) is 2.53. The Kier molecular flexibility index (Phi) is 5.05. The fraction of sp³-hybridized carbons (Fsp3) is 0.294. The van der Waals surface area contributed by atoms with Crippen LogP contribution in [0.15, 0.2) is 48.5 Å². The van der Waals surface area contributed by atoms with Crippen molar-refractivity contribution in [1.82, 2.24) is 0 Å². The van der Waals surface area contributed by atoms with Crippen LogP contribution in [0.2, 0.25) is 5.02 Å². The summed E-state index contributed by atoms with van der Waals surface area (Å²) >= 11 is 5.96. The second kappa shape index (κ2) is 6.78. The first-order chi connectivity index (χ1) is 9.58. The molecule has 0 amide bonds. The van der Waals surface area contributed by atoms with Crippen molar-refractivity contribution in [1.29, 1.82) is 0 Å². The second-order valence-corrected chi connectivity index (χ2v) is 5.57. The quantitative estimate of drug-likeness (QED) is 0.897. The van der Waals surface area contributed by atoms with Crippen LogP contribution in [-0.4, -0.2) is 19.2 Å². The van der Waals surface area contributed by atoms with Crippen molar-refractivity contribution in [3.8, 4) is 0 Å². The van der Waals surface area contributed by atoms with E-state index in [2.05, 4.69) is 17.0 Å². The van der Waals surface area contributed by atoms with Crippen molar-refractivity contribution < 1.29 is 5.11 Å². The minimum absolute atomic E-state index is 0.482. The zero-order valence-electron chi connectivity index (χ0n) is 11.9. The van der Waals surface area contributed by atoms with Crippen LogP contribution in [0.3, 0.4) is 0 Å². The maximum atomic E-state index is 10.3. The van der Waals surface area contributed by atoms with Gasteiger partial charge in [0, 0.05) is 24.8 Å². The summed E-state index contributed by atoms with van der Waals surface area (Å²) in [4.78, 5) is 2.10. The molecule has 2 rings (SSSR count). The topological polar surface area (TPSA) is 23.5 Å². The standard InChI is InChI=1S/C17H20ClNO/c1-19(2)16-9-4-3-6-13(16)10-11-17(20)14-7-5-8-15(18)12-14/h3-9,12,17,20H,10-11H2,1-2H3. The van der Waals surface area contributed by atoms with E-state index < -0.39 is 6.10 Å². The van der Waals surface area contributed by atoms with E-state index in [1.165, 1.54) is 11.3 Å². The highest BCUT2D eigenvalue weighted by molar-refractivity contribution is 6.30. The lowest BCUT2D eigenvalue weighted by Crippen LogP contribution is -2.11. The molecular formula is C17H20ClNO. The molecule has 2 aromatic rings. The van der Waals surface area contributed by atoms with Gasteiger partial charge < -0.3 is 10.0 Å². The van der Waals surface area contributed by atoms with Gasteiger partial charge in [0.2, 0.25) is 0 Å². The molecule has 0 aliphatic rings. The highest BCUT2D eigenvalue weighted by Crippen LogP contribution is 2.25. The highest BCUT2D eigenvalue weighted by Gasteiger charge is 2.10. The summed E-state index contributed by atoms with van der Waals surface area (Å²) in [5.41, 5.74) is 3.32. The predicted molar refractivity (Wildman–Crippen MR) is 85.5 cm³/mol. The average Bonchev–Trinajstić information content (AvgIpc) is 2.45. The van der Waals surface area contributed by atoms with E-state index in [4.69, 9.17) is 11.6 Å². The molecule has 0 heterocycles. The first-order valence-corrected chi connectivity index (χ1v) is 7.14. The Morgan fingerprint density at radius 2 is 1.85 bits per heavy atom. The Morgan fingerprint density at radius 1 is 1.10 bits per heavy atom. The van der Waals surface area contributed by atoms with Crippen LogP contribution >= 0.6 is 11.6 Å². The van der Waals surface area contributed by atoms with Gasteiger partial charge in [-0.2, -0.15) is 0 Å². The molecule has 0 saturated heterocycles. The molecule has 1 unspecified atom stereocenters. The number of hydrogen-bond donors (Lipinski definition) is 1. The van der Waals surface area contributed by atoms with Crippen LogP contribution in [0.25, 0.3) is 0 Å². The van der Waals surface area contributed by atoms with Crippen LogP contribution in [0, 0.1) is 0 Å². The maximum absolute atomic E-state index is 10.3. The van der Waals surface area contributed by atoms with E-state index in [1.807, 2.05) is 50.5 Å². The van der Waals surface area contributed by atoms with Gasteiger partial charge in [-0.25, -0.2) is 0 Å². The van der Waals surface area contributed by atoms with Gasteiger partial charge >= 0.3 is 0 Å². The molecule has 2 aromatic carbocycles. The molecule has 1 N–H and O–H groups in total. The largest absolute Gasteiger partial charge is 0.388 e. The average molecular weight is 290 g/mol. The lowest BCUT2D eigenvalue weighted by atomic mass is 10.00. The summed E-state index contributed by atoms with van der Waals surface area (Å²) < 4.78 is 0. The molecule has 106 valence electrons. The molecule has 0 aliphatic carbocycles. The molecule has 0 aromatic heterocycles. The van der Waals surface area contributed by atoms with Crippen molar-refractivity contribution >= 4 is 17.3 Å². The Bertz CT molecular complexity index is 568. The molecular weight excluding hydrogens is 270 g/mol. The van der Waals surface area contributed by atoms with E-state index in [1.54, 1.807) is 0 Å². The number of halogens is 1. The van der Waals surface area contributed by atoms with Crippen LogP contribution < -0.4 is 4.90 Å². The van der Waals surface area contributed by atoms with Crippen molar-refractivity contribution in [3.63, 3.8) is 0 Å². The monoisotopic (exact) mass is 289 g/mol. The molecule has 0 bridgehead atoms. The molecule has 0 radical (unpaired) electrons. The number of anilines is 1. The number of benzene rings is 2. The molecule has 0 saturated carbocycles. The Balaban J connectivity index is 2.05. The van der Waals surface area contributed by atoms with Gasteiger partial charge in [0.05, 0.1) is 6.10 Å². The molecule has 0 spiro atoms. The van der Waals surface area contributed by atoms with Gasteiger partial charge in [0.15, 0.2) is 0 Å². The summed E-state index contributed by atoms with van der Waals surface area (Å²) in [7, 11) is 4.07. The SMILES string of the molecule is CN(C)c1ccccc1CCC(O)c1cccc(Cl)c1. The summed E-state index contributed by atoms with van der Waals surface area (Å²) in [6, 6.07) is 15.7. The number of para-hydroxylation sites is 1. The highest BCUT2D eigenvalue weighted by atomic mass is 35.5. The molecule has 3 heteroatoms. The molecule has 2 nitrogen and oxygen atoms in total. The molecule has 20 heavy (non-hydrogen) atoms. The van der Waals surface area contributed by atoms with Gasteiger partial charge in [-0.05, 0) is 42.2 Å². The number of aryl methyl sites for hydroxylation is 1. The van der Waals surface area contributed by atoms with Gasteiger partial charge in [0.25, 0.3) is 0 Å². The first-order valence-electron chi connectivity index (χ1n) is 6.76. The minimum atomic E-state index is -0.482. The van der Waals surface area contributed by atoms with Crippen molar-refractivity contribution in [2.45, 2.75) is 18.9 Å². The van der Waals surface area contributed by atoms with E-state index in [9.17, 15) is 5.11 Å². The van der Waals surface area contributed by atoms with E-state index in [-0.39, 0.29) is 0 Å². The van der Waals surface area contributed by atoms with Crippen LogP contribution in [0.5, 0.6) is 0 Å². The van der Waals surface area contributed by atoms with E-state index in [0.717, 1.165) is 12.0 Å². The zero-order valence-corrected chi connectivity index (χ0v) is 12.6. The van der Waals surface area contributed by atoms with Gasteiger partial charge in [-0.3, -0.25) is 0 Å². The number of rotatable bonds is 5. The molecule has 0 aliphatic heterocycles. The first kappa shape index (κ1) is 14.9. The van der Waals surface area contributed by atoms with E-state index in [0.29, 0.717) is 11.4 Å². The third-order valence-electron chi connectivity index (χ3n) is 3.39. The van der Waals surface area contributed by atoms with Gasteiger partial charge in [-0.1, -0.05) is 41.9 Å². The Labute approximate surface area is 125 Å². The molecule has 0 fully saturated rings. The third-order valence-corrected chi connectivity index (χ3v) is 3.63. The normalized spacial score (nSPS) is 12.2.